The van der Waals surface area contributed by atoms with E-state index in [2.05, 4.69) is 4.74 Å². The third kappa shape index (κ3) is 4.96. The van der Waals surface area contributed by atoms with E-state index in [9.17, 15) is 4.79 Å². The van der Waals surface area contributed by atoms with Gasteiger partial charge in [0.1, 0.15) is 6.61 Å². The number of hydrogen-bond acceptors (Lipinski definition) is 3. The molecule has 0 atom stereocenters. The van der Waals surface area contributed by atoms with Gasteiger partial charge in [0.2, 0.25) is 0 Å². The maximum absolute atomic E-state index is 9.22. The second-order valence-electron chi connectivity index (χ2n) is 0.840. The Balaban J connectivity index is 2.72. The SMILES string of the molecule is N#CCCO[C]=O. The number of nitrogens with zero attached hydrogens (tertiary/aromatic N) is 1. The van der Waals surface area contributed by atoms with Gasteiger partial charge in [0.15, 0.2) is 0 Å². The Morgan fingerprint density at radius 3 is 2.86 bits per heavy atom. The van der Waals surface area contributed by atoms with Crippen LogP contribution in [0.1, 0.15) is 6.42 Å². The number of rotatable bonds is 3. The molecule has 0 heterocycles. The van der Waals surface area contributed by atoms with Crippen LogP contribution in [0.15, 0.2) is 0 Å². The Bertz CT molecular complexity index is 84.2. The molecule has 0 fully saturated rings. The topological polar surface area (TPSA) is 50.1 Å². The maximum Gasteiger partial charge on any atom is 0.417 e. The van der Waals surface area contributed by atoms with E-state index in [-0.39, 0.29) is 13.0 Å². The van der Waals surface area contributed by atoms with Crippen molar-refractivity contribution >= 4 is 6.47 Å². The number of nitriles is 1. The summed E-state index contributed by atoms with van der Waals surface area (Å²) in [7, 11) is 0. The van der Waals surface area contributed by atoms with Crippen LogP contribution in [0.25, 0.3) is 0 Å². The summed E-state index contributed by atoms with van der Waals surface area (Å²) in [6.07, 6.45) is 0.245. The van der Waals surface area contributed by atoms with Crippen LogP contribution in [0.4, 0.5) is 0 Å². The largest absolute Gasteiger partial charge is 0.456 e. The Hall–Kier alpha value is -1.04. The number of ether oxygens (including phenoxy) is 1. The van der Waals surface area contributed by atoms with Crippen LogP contribution in [0, 0.1) is 11.3 Å². The molecule has 0 N–H and O–H groups in total. The van der Waals surface area contributed by atoms with Crippen molar-refractivity contribution in [3.8, 4) is 6.07 Å². The molecule has 0 aromatic rings. The molecule has 0 aromatic carbocycles. The van der Waals surface area contributed by atoms with Crippen molar-refractivity contribution in [2.75, 3.05) is 6.61 Å². The van der Waals surface area contributed by atoms with Crippen LogP contribution in [-0.2, 0) is 9.53 Å². The highest BCUT2D eigenvalue weighted by Crippen LogP contribution is 1.72. The summed E-state index contributed by atoms with van der Waals surface area (Å²) in [5, 5.41) is 7.83. The molecule has 0 unspecified atom stereocenters. The van der Waals surface area contributed by atoms with Crippen LogP contribution in [0.3, 0.4) is 0 Å². The fourth-order valence-electron chi connectivity index (χ4n) is 0.138. The summed E-state index contributed by atoms with van der Waals surface area (Å²) >= 11 is 0. The summed E-state index contributed by atoms with van der Waals surface area (Å²) in [5.41, 5.74) is 0. The number of hydrogen-bond donors (Lipinski definition) is 0. The van der Waals surface area contributed by atoms with E-state index < -0.39 is 0 Å². The van der Waals surface area contributed by atoms with E-state index in [4.69, 9.17) is 5.26 Å². The van der Waals surface area contributed by atoms with Gasteiger partial charge in [-0.3, -0.25) is 0 Å². The minimum absolute atomic E-state index is 0.153. The molecule has 0 saturated heterocycles. The lowest BCUT2D eigenvalue weighted by Gasteiger charge is -1.83. The molecule has 37 valence electrons. The van der Waals surface area contributed by atoms with Crippen molar-refractivity contribution in [1.82, 2.24) is 0 Å². The normalized spacial score (nSPS) is 6.71. The van der Waals surface area contributed by atoms with Crippen molar-refractivity contribution in [2.45, 2.75) is 6.42 Å². The van der Waals surface area contributed by atoms with Gasteiger partial charge >= 0.3 is 6.47 Å². The first-order valence-corrected chi connectivity index (χ1v) is 1.77. The van der Waals surface area contributed by atoms with E-state index in [0.29, 0.717) is 0 Å². The molecule has 3 heteroatoms. The zero-order chi connectivity index (χ0) is 5.54. The predicted octanol–water partition coefficient (Wildman–Crippen LogP) is -0.0161. The monoisotopic (exact) mass is 98.0 g/mol. The van der Waals surface area contributed by atoms with Gasteiger partial charge in [-0.15, -0.1) is 0 Å². The molecule has 0 amide bonds. The lowest BCUT2D eigenvalue weighted by molar-refractivity contribution is 0.285. The van der Waals surface area contributed by atoms with Gasteiger partial charge in [0, 0.05) is 0 Å². The smallest absolute Gasteiger partial charge is 0.417 e. The summed E-state index contributed by atoms with van der Waals surface area (Å²) in [6.45, 7) is 1.35. The first-order valence-electron chi connectivity index (χ1n) is 1.77. The highest BCUT2D eigenvalue weighted by atomic mass is 16.5. The standard InChI is InChI=1S/C4H4NO2/c5-2-1-3-7-4-6/h1,3H2. The Labute approximate surface area is 41.5 Å². The van der Waals surface area contributed by atoms with E-state index >= 15 is 0 Å². The van der Waals surface area contributed by atoms with Crippen molar-refractivity contribution in [3.05, 3.63) is 0 Å². The molecule has 1 radical (unpaired) electrons. The Kier molecular flexibility index (Phi) is 4.22. The van der Waals surface area contributed by atoms with Crippen LogP contribution >= 0.6 is 0 Å². The van der Waals surface area contributed by atoms with Gasteiger partial charge in [0.05, 0.1) is 12.5 Å². The summed E-state index contributed by atoms with van der Waals surface area (Å²) in [6, 6.07) is 1.80. The third-order valence-electron chi connectivity index (χ3n) is 0.375. The molecule has 3 nitrogen and oxygen atoms in total. The molecule has 0 saturated carbocycles. The van der Waals surface area contributed by atoms with Crippen molar-refractivity contribution in [3.63, 3.8) is 0 Å². The first-order chi connectivity index (χ1) is 3.41. The van der Waals surface area contributed by atoms with Crippen molar-refractivity contribution in [1.29, 1.82) is 5.26 Å². The highest BCUT2D eigenvalue weighted by Gasteiger charge is 1.79. The predicted molar refractivity (Wildman–Crippen MR) is 21.9 cm³/mol. The quantitative estimate of drug-likeness (QED) is 0.466. The van der Waals surface area contributed by atoms with Crippen LogP contribution in [0.5, 0.6) is 0 Å². The third-order valence-corrected chi connectivity index (χ3v) is 0.375. The molecule has 7 heavy (non-hydrogen) atoms. The molecule has 0 aliphatic carbocycles. The van der Waals surface area contributed by atoms with Crippen molar-refractivity contribution in [2.24, 2.45) is 0 Å². The Morgan fingerprint density at radius 2 is 2.43 bits per heavy atom. The van der Waals surface area contributed by atoms with E-state index in [1.807, 2.05) is 0 Å². The summed E-state index contributed by atoms with van der Waals surface area (Å²) in [4.78, 5) is 9.22. The van der Waals surface area contributed by atoms with Gasteiger partial charge in [-0.25, -0.2) is 4.79 Å². The molecule has 0 bridgehead atoms. The van der Waals surface area contributed by atoms with Gasteiger partial charge in [-0.1, -0.05) is 0 Å². The minimum atomic E-state index is 0.153. The summed E-state index contributed by atoms with van der Waals surface area (Å²) < 4.78 is 4.05. The van der Waals surface area contributed by atoms with Gasteiger partial charge < -0.3 is 4.74 Å². The molecule has 0 aromatic heterocycles. The van der Waals surface area contributed by atoms with Gasteiger partial charge in [-0.2, -0.15) is 5.26 Å². The lowest BCUT2D eigenvalue weighted by Crippen LogP contribution is -1.87. The van der Waals surface area contributed by atoms with Crippen LogP contribution in [0.2, 0.25) is 0 Å². The molecular weight excluding hydrogens is 94.0 g/mol. The zero-order valence-electron chi connectivity index (χ0n) is 3.68. The van der Waals surface area contributed by atoms with Gasteiger partial charge in [-0.05, 0) is 0 Å². The van der Waals surface area contributed by atoms with Crippen molar-refractivity contribution < 1.29 is 9.53 Å². The lowest BCUT2D eigenvalue weighted by atomic mass is 10.5. The van der Waals surface area contributed by atoms with Crippen LogP contribution in [-0.4, -0.2) is 13.1 Å². The molecule has 0 aliphatic rings. The highest BCUT2D eigenvalue weighted by molar-refractivity contribution is 5.38. The van der Waals surface area contributed by atoms with Gasteiger partial charge in [0.25, 0.3) is 0 Å². The van der Waals surface area contributed by atoms with E-state index in [1.165, 1.54) is 6.47 Å². The second kappa shape index (κ2) is 4.96. The average molecular weight is 98.1 g/mol. The molecule has 0 spiro atoms. The first kappa shape index (κ1) is 5.96. The van der Waals surface area contributed by atoms with E-state index in [0.717, 1.165) is 0 Å². The fraction of sp³-hybridized carbons (Fsp3) is 0.500. The molecule has 0 aliphatic heterocycles. The number of carbonyl (C=O) groups excluding carboxylic acids is 1. The Morgan fingerprint density at radius 1 is 1.71 bits per heavy atom. The average Bonchev–Trinajstić information content (AvgIpc) is 1.69. The molecular formula is C4H4NO2. The summed E-state index contributed by atoms with van der Waals surface area (Å²) in [5.74, 6) is 0. The zero-order valence-corrected chi connectivity index (χ0v) is 3.68. The van der Waals surface area contributed by atoms with Crippen LogP contribution < -0.4 is 0 Å². The fourth-order valence-corrected chi connectivity index (χ4v) is 0.138. The maximum atomic E-state index is 9.22. The molecule has 0 rings (SSSR count). The second-order valence-corrected chi connectivity index (χ2v) is 0.840. The van der Waals surface area contributed by atoms with E-state index in [1.54, 1.807) is 6.07 Å². The minimum Gasteiger partial charge on any atom is -0.456 e.